The second-order valence-corrected chi connectivity index (χ2v) is 4.10. The molecular formula is C11H9F5N2O3. The normalized spacial score (nSPS) is 11.3. The quantitative estimate of drug-likeness (QED) is 0.488. The van der Waals surface area contributed by atoms with Gasteiger partial charge >= 0.3 is 11.9 Å². The number of carbonyl (C=O) groups is 1. The predicted molar refractivity (Wildman–Crippen MR) is 60.6 cm³/mol. The van der Waals surface area contributed by atoms with Gasteiger partial charge in [0, 0.05) is 19.7 Å². The fourth-order valence-corrected chi connectivity index (χ4v) is 1.47. The summed E-state index contributed by atoms with van der Waals surface area (Å²) in [6, 6.07) is 1.03. The van der Waals surface area contributed by atoms with E-state index in [1.54, 1.807) is 0 Å². The van der Waals surface area contributed by atoms with Crippen LogP contribution in [0.15, 0.2) is 12.1 Å². The Balaban J connectivity index is 3.07. The summed E-state index contributed by atoms with van der Waals surface area (Å²) < 4.78 is 63.3. The molecule has 0 aromatic heterocycles. The van der Waals surface area contributed by atoms with E-state index in [1.165, 1.54) is 0 Å². The van der Waals surface area contributed by atoms with E-state index >= 15 is 0 Å². The number of alkyl halides is 3. The maximum absolute atomic E-state index is 13.7. The number of benzene rings is 1. The summed E-state index contributed by atoms with van der Waals surface area (Å²) in [5.41, 5.74) is -2.39. The summed E-state index contributed by atoms with van der Waals surface area (Å²) in [4.78, 5) is 21.5. The number of nitrogens with zero attached hydrogens (tertiary/aromatic N) is 2. The van der Waals surface area contributed by atoms with Gasteiger partial charge in [0.2, 0.25) is 5.82 Å². The third kappa shape index (κ3) is 4.10. The van der Waals surface area contributed by atoms with Crippen LogP contribution in [0.25, 0.3) is 0 Å². The summed E-state index contributed by atoms with van der Waals surface area (Å²) in [5.74, 6) is -4.51. The molecule has 0 fully saturated rings. The molecule has 0 unspecified atom stereocenters. The summed E-state index contributed by atoms with van der Waals surface area (Å²) >= 11 is 0. The minimum atomic E-state index is -4.55. The number of hydrogen-bond donors (Lipinski definition) is 0. The van der Waals surface area contributed by atoms with Crippen molar-refractivity contribution in [2.45, 2.75) is 12.6 Å². The summed E-state index contributed by atoms with van der Waals surface area (Å²) in [5, 5.41) is 10.5. The van der Waals surface area contributed by atoms with E-state index in [0.717, 1.165) is 7.05 Å². The highest BCUT2D eigenvalue weighted by Gasteiger charge is 2.31. The van der Waals surface area contributed by atoms with Crippen molar-refractivity contribution in [3.8, 4) is 0 Å². The lowest BCUT2D eigenvalue weighted by Gasteiger charge is -2.18. The minimum absolute atomic E-state index is 0.443. The van der Waals surface area contributed by atoms with Crippen LogP contribution in [0.4, 0.5) is 27.6 Å². The van der Waals surface area contributed by atoms with Gasteiger partial charge in [-0.1, -0.05) is 0 Å². The third-order valence-corrected chi connectivity index (χ3v) is 2.56. The van der Waals surface area contributed by atoms with Crippen LogP contribution in [0.1, 0.15) is 16.8 Å². The van der Waals surface area contributed by atoms with Crippen molar-refractivity contribution in [3.63, 3.8) is 0 Å². The molecule has 10 heteroatoms. The second-order valence-electron chi connectivity index (χ2n) is 4.10. The monoisotopic (exact) mass is 312 g/mol. The van der Waals surface area contributed by atoms with Crippen LogP contribution in [0.3, 0.4) is 0 Å². The average Bonchev–Trinajstić information content (AvgIpc) is 2.34. The Morgan fingerprint density at radius 3 is 2.38 bits per heavy atom. The number of nitro benzene ring substituents is 1. The van der Waals surface area contributed by atoms with Gasteiger partial charge in [0.25, 0.3) is 5.91 Å². The Morgan fingerprint density at radius 2 is 1.90 bits per heavy atom. The molecule has 21 heavy (non-hydrogen) atoms. The van der Waals surface area contributed by atoms with Gasteiger partial charge in [-0.2, -0.15) is 17.6 Å². The van der Waals surface area contributed by atoms with Gasteiger partial charge in [-0.15, -0.1) is 0 Å². The van der Waals surface area contributed by atoms with Crippen molar-refractivity contribution in [3.05, 3.63) is 39.4 Å². The SMILES string of the molecule is CN(CCC(F)(F)F)C(=O)c1c(F)ccc([N+](=O)[O-])c1F. The van der Waals surface area contributed by atoms with Gasteiger partial charge in [-0.3, -0.25) is 14.9 Å². The number of hydrogen-bond acceptors (Lipinski definition) is 3. The standard InChI is InChI=1S/C11H9F5N2O3/c1-17(5-4-11(14,15)16)10(19)8-6(12)2-3-7(9(8)13)18(20)21/h2-3H,4-5H2,1H3. The molecule has 1 rings (SSSR count). The highest BCUT2D eigenvalue weighted by molar-refractivity contribution is 5.95. The molecule has 0 N–H and O–H groups in total. The number of rotatable bonds is 4. The summed E-state index contributed by atoms with van der Waals surface area (Å²) in [6.07, 6.45) is -5.91. The average molecular weight is 312 g/mol. The molecule has 1 aromatic carbocycles. The Hall–Kier alpha value is -2.26. The lowest BCUT2D eigenvalue weighted by Crippen LogP contribution is -2.32. The first-order chi connectivity index (χ1) is 9.54. The van der Waals surface area contributed by atoms with E-state index in [9.17, 15) is 36.9 Å². The first kappa shape index (κ1) is 16.8. The lowest BCUT2D eigenvalue weighted by molar-refractivity contribution is -0.387. The Bertz CT molecular complexity index is 574. The Kier molecular flexibility index (Phi) is 4.81. The fraction of sp³-hybridized carbons (Fsp3) is 0.364. The van der Waals surface area contributed by atoms with Crippen molar-refractivity contribution < 1.29 is 31.7 Å². The molecule has 0 aliphatic rings. The minimum Gasteiger partial charge on any atom is -0.341 e. The van der Waals surface area contributed by atoms with Crippen molar-refractivity contribution >= 4 is 11.6 Å². The molecule has 116 valence electrons. The maximum atomic E-state index is 13.7. The fourth-order valence-electron chi connectivity index (χ4n) is 1.47. The van der Waals surface area contributed by atoms with Crippen LogP contribution in [0.2, 0.25) is 0 Å². The van der Waals surface area contributed by atoms with Crippen molar-refractivity contribution in [2.24, 2.45) is 0 Å². The van der Waals surface area contributed by atoms with E-state index in [2.05, 4.69) is 0 Å². The van der Waals surface area contributed by atoms with Gasteiger partial charge in [0.05, 0.1) is 11.3 Å². The van der Waals surface area contributed by atoms with Gasteiger partial charge in [0.1, 0.15) is 11.4 Å². The molecule has 0 spiro atoms. The zero-order chi connectivity index (χ0) is 16.4. The van der Waals surface area contributed by atoms with Gasteiger partial charge in [-0.05, 0) is 6.07 Å². The topological polar surface area (TPSA) is 63.5 Å². The third-order valence-electron chi connectivity index (χ3n) is 2.56. The lowest BCUT2D eigenvalue weighted by atomic mass is 10.1. The van der Waals surface area contributed by atoms with Crippen molar-refractivity contribution in [1.82, 2.24) is 4.90 Å². The van der Waals surface area contributed by atoms with Gasteiger partial charge in [-0.25, -0.2) is 4.39 Å². The number of halogens is 5. The van der Waals surface area contributed by atoms with Crippen LogP contribution >= 0.6 is 0 Å². The van der Waals surface area contributed by atoms with Crippen molar-refractivity contribution in [1.29, 1.82) is 0 Å². The first-order valence-corrected chi connectivity index (χ1v) is 5.49. The Morgan fingerprint density at radius 1 is 1.33 bits per heavy atom. The van der Waals surface area contributed by atoms with Crippen molar-refractivity contribution in [2.75, 3.05) is 13.6 Å². The van der Waals surface area contributed by atoms with E-state index in [-0.39, 0.29) is 0 Å². The second kappa shape index (κ2) is 6.02. The first-order valence-electron chi connectivity index (χ1n) is 5.49. The highest BCUT2D eigenvalue weighted by Crippen LogP contribution is 2.25. The molecule has 1 amide bonds. The van der Waals surface area contributed by atoms with E-state index in [0.29, 0.717) is 17.0 Å². The molecule has 0 saturated heterocycles. The van der Waals surface area contributed by atoms with E-state index < -0.39 is 52.9 Å². The molecule has 0 aliphatic heterocycles. The van der Waals surface area contributed by atoms with E-state index in [1.807, 2.05) is 0 Å². The summed E-state index contributed by atoms with van der Waals surface area (Å²) in [7, 11) is 0.909. The zero-order valence-electron chi connectivity index (χ0n) is 10.6. The predicted octanol–water partition coefficient (Wildman–Crippen LogP) is 2.90. The molecule has 0 bridgehead atoms. The molecular weight excluding hydrogens is 303 g/mol. The number of nitro groups is 1. The number of carbonyl (C=O) groups excluding carboxylic acids is 1. The van der Waals surface area contributed by atoms with E-state index in [4.69, 9.17) is 0 Å². The van der Waals surface area contributed by atoms with Gasteiger partial charge < -0.3 is 4.90 Å². The molecule has 0 saturated carbocycles. The molecule has 1 aromatic rings. The molecule has 0 heterocycles. The zero-order valence-corrected chi connectivity index (χ0v) is 10.6. The number of amides is 1. The van der Waals surface area contributed by atoms with Crippen LogP contribution in [-0.2, 0) is 0 Å². The van der Waals surface area contributed by atoms with Crippen LogP contribution in [-0.4, -0.2) is 35.5 Å². The molecule has 0 atom stereocenters. The largest absolute Gasteiger partial charge is 0.390 e. The highest BCUT2D eigenvalue weighted by atomic mass is 19.4. The van der Waals surface area contributed by atoms with Crippen LogP contribution < -0.4 is 0 Å². The Labute approximate surface area is 115 Å². The van der Waals surface area contributed by atoms with Crippen LogP contribution in [0, 0.1) is 21.7 Å². The maximum Gasteiger partial charge on any atom is 0.390 e. The smallest absolute Gasteiger partial charge is 0.341 e. The summed E-state index contributed by atoms with van der Waals surface area (Å²) in [6.45, 7) is -0.829. The molecule has 0 aliphatic carbocycles. The molecule has 0 radical (unpaired) electrons. The molecule has 5 nitrogen and oxygen atoms in total. The van der Waals surface area contributed by atoms with Gasteiger partial charge in [0.15, 0.2) is 0 Å². The van der Waals surface area contributed by atoms with Crippen LogP contribution in [0.5, 0.6) is 0 Å².